The van der Waals surface area contributed by atoms with Crippen LogP contribution in [0.5, 0.6) is 0 Å². The number of carbonyl (C=O) groups is 1. The predicted molar refractivity (Wildman–Crippen MR) is 76.2 cm³/mol. The maximum Gasteiger partial charge on any atom is 0.409 e. The lowest BCUT2D eigenvalue weighted by atomic mass is 9.94. The van der Waals surface area contributed by atoms with Gasteiger partial charge in [0, 0.05) is 19.7 Å². The van der Waals surface area contributed by atoms with Crippen LogP contribution in [-0.4, -0.2) is 43.4 Å². The van der Waals surface area contributed by atoms with E-state index in [4.69, 9.17) is 9.47 Å². The zero-order valence-corrected chi connectivity index (χ0v) is 12.9. The average molecular weight is 271 g/mol. The number of hydrogen-bond acceptors (Lipinski definition) is 3. The number of likely N-dealkylation sites (tertiary alicyclic amines) is 1. The standard InChI is InChI=1S/C15H29NO3/c1-12(2)11-19-15(17)16-8-5-14(6-9-16)7-10-18-13(3)4/h12-14H,5-11H2,1-4H3. The minimum atomic E-state index is -0.148. The van der Waals surface area contributed by atoms with E-state index in [1.807, 2.05) is 18.7 Å². The minimum absolute atomic E-state index is 0.148. The van der Waals surface area contributed by atoms with Gasteiger partial charge >= 0.3 is 6.09 Å². The lowest BCUT2D eigenvalue weighted by Gasteiger charge is -2.31. The van der Waals surface area contributed by atoms with Crippen molar-refractivity contribution in [3.8, 4) is 0 Å². The number of amides is 1. The third-order valence-corrected chi connectivity index (χ3v) is 3.39. The Labute approximate surface area is 117 Å². The van der Waals surface area contributed by atoms with Crippen molar-refractivity contribution in [1.29, 1.82) is 0 Å². The molecule has 0 aromatic rings. The van der Waals surface area contributed by atoms with Crippen molar-refractivity contribution in [2.24, 2.45) is 11.8 Å². The summed E-state index contributed by atoms with van der Waals surface area (Å²) in [7, 11) is 0. The highest BCUT2D eigenvalue weighted by Gasteiger charge is 2.23. The molecule has 4 heteroatoms. The molecule has 112 valence electrons. The van der Waals surface area contributed by atoms with Gasteiger partial charge in [0.05, 0.1) is 12.7 Å². The molecular formula is C15H29NO3. The Kier molecular flexibility index (Phi) is 7.21. The second-order valence-corrected chi connectivity index (χ2v) is 6.11. The van der Waals surface area contributed by atoms with E-state index >= 15 is 0 Å². The van der Waals surface area contributed by atoms with Crippen LogP contribution >= 0.6 is 0 Å². The van der Waals surface area contributed by atoms with Gasteiger partial charge in [-0.2, -0.15) is 0 Å². The van der Waals surface area contributed by atoms with Crippen molar-refractivity contribution in [2.75, 3.05) is 26.3 Å². The first kappa shape index (κ1) is 16.3. The fraction of sp³-hybridized carbons (Fsp3) is 0.933. The van der Waals surface area contributed by atoms with Crippen LogP contribution in [0.3, 0.4) is 0 Å². The highest BCUT2D eigenvalue weighted by atomic mass is 16.6. The van der Waals surface area contributed by atoms with E-state index in [2.05, 4.69) is 13.8 Å². The van der Waals surface area contributed by atoms with Crippen molar-refractivity contribution < 1.29 is 14.3 Å². The van der Waals surface area contributed by atoms with Gasteiger partial charge in [-0.25, -0.2) is 4.79 Å². The van der Waals surface area contributed by atoms with Gasteiger partial charge in [-0.1, -0.05) is 13.8 Å². The number of rotatable bonds is 6. The zero-order valence-electron chi connectivity index (χ0n) is 12.9. The molecule has 1 saturated heterocycles. The Bertz CT molecular complexity index is 258. The molecule has 0 spiro atoms. The van der Waals surface area contributed by atoms with Gasteiger partial charge in [-0.3, -0.25) is 0 Å². The number of hydrogen-bond donors (Lipinski definition) is 0. The lowest BCUT2D eigenvalue weighted by molar-refractivity contribution is 0.0534. The molecule has 1 aliphatic rings. The molecule has 1 amide bonds. The molecule has 0 aromatic carbocycles. The number of piperidine rings is 1. The van der Waals surface area contributed by atoms with Gasteiger partial charge in [0.1, 0.15) is 0 Å². The van der Waals surface area contributed by atoms with E-state index in [9.17, 15) is 4.79 Å². The molecular weight excluding hydrogens is 242 g/mol. The molecule has 0 bridgehead atoms. The normalized spacial score (nSPS) is 17.3. The van der Waals surface area contributed by atoms with Crippen molar-refractivity contribution in [1.82, 2.24) is 4.90 Å². The lowest BCUT2D eigenvalue weighted by Crippen LogP contribution is -2.39. The van der Waals surface area contributed by atoms with Gasteiger partial charge in [-0.15, -0.1) is 0 Å². The number of ether oxygens (including phenoxy) is 2. The SMILES string of the molecule is CC(C)COC(=O)N1CCC(CCOC(C)C)CC1. The fourth-order valence-electron chi connectivity index (χ4n) is 2.20. The third-order valence-electron chi connectivity index (χ3n) is 3.39. The van der Waals surface area contributed by atoms with Gasteiger partial charge in [0.15, 0.2) is 0 Å². The van der Waals surface area contributed by atoms with Gasteiger partial charge in [0.25, 0.3) is 0 Å². The molecule has 0 radical (unpaired) electrons. The summed E-state index contributed by atoms with van der Waals surface area (Å²) in [5.74, 6) is 1.09. The Morgan fingerprint density at radius 2 is 1.84 bits per heavy atom. The monoisotopic (exact) mass is 271 g/mol. The summed E-state index contributed by atoms with van der Waals surface area (Å²) in [4.78, 5) is 13.6. The average Bonchev–Trinajstić information content (AvgIpc) is 2.36. The quantitative estimate of drug-likeness (QED) is 0.744. The molecule has 4 nitrogen and oxygen atoms in total. The van der Waals surface area contributed by atoms with Crippen molar-refractivity contribution >= 4 is 6.09 Å². The molecule has 1 fully saturated rings. The third kappa shape index (κ3) is 6.81. The first-order chi connectivity index (χ1) is 8.99. The van der Waals surface area contributed by atoms with Crippen LogP contribution in [0, 0.1) is 11.8 Å². The van der Waals surface area contributed by atoms with E-state index < -0.39 is 0 Å². The van der Waals surface area contributed by atoms with Crippen molar-refractivity contribution in [3.63, 3.8) is 0 Å². The Morgan fingerprint density at radius 1 is 1.21 bits per heavy atom. The van der Waals surface area contributed by atoms with Gasteiger partial charge in [-0.05, 0) is 44.9 Å². The second kappa shape index (κ2) is 8.41. The second-order valence-electron chi connectivity index (χ2n) is 6.11. The maximum absolute atomic E-state index is 11.8. The minimum Gasteiger partial charge on any atom is -0.449 e. The van der Waals surface area contributed by atoms with Crippen LogP contribution in [0.4, 0.5) is 4.79 Å². The summed E-state index contributed by atoms with van der Waals surface area (Å²) >= 11 is 0. The van der Waals surface area contributed by atoms with Crippen molar-refractivity contribution in [3.05, 3.63) is 0 Å². The van der Waals surface area contributed by atoms with Crippen LogP contribution in [0.1, 0.15) is 47.0 Å². The van der Waals surface area contributed by atoms with Gasteiger partial charge < -0.3 is 14.4 Å². The molecule has 1 aliphatic heterocycles. The molecule has 0 unspecified atom stereocenters. The first-order valence-electron chi connectivity index (χ1n) is 7.52. The molecule has 0 aliphatic carbocycles. The van der Waals surface area contributed by atoms with E-state index in [-0.39, 0.29) is 6.09 Å². The van der Waals surface area contributed by atoms with Crippen LogP contribution in [0.2, 0.25) is 0 Å². The van der Waals surface area contributed by atoms with Crippen LogP contribution in [0.25, 0.3) is 0 Å². The van der Waals surface area contributed by atoms with E-state index in [1.54, 1.807) is 0 Å². The molecule has 0 saturated carbocycles. The summed E-state index contributed by atoms with van der Waals surface area (Å²) in [5, 5.41) is 0. The summed E-state index contributed by atoms with van der Waals surface area (Å²) in [5.41, 5.74) is 0. The summed E-state index contributed by atoms with van der Waals surface area (Å²) in [6, 6.07) is 0. The van der Waals surface area contributed by atoms with E-state index in [0.29, 0.717) is 24.5 Å². The Balaban J connectivity index is 2.15. The maximum atomic E-state index is 11.8. The van der Waals surface area contributed by atoms with E-state index in [1.165, 1.54) is 0 Å². The summed E-state index contributed by atoms with van der Waals surface area (Å²) < 4.78 is 10.8. The zero-order chi connectivity index (χ0) is 14.3. The first-order valence-corrected chi connectivity index (χ1v) is 7.52. The molecule has 1 rings (SSSR count). The number of nitrogens with zero attached hydrogens (tertiary/aromatic N) is 1. The smallest absolute Gasteiger partial charge is 0.409 e. The highest BCUT2D eigenvalue weighted by Crippen LogP contribution is 2.21. The molecule has 19 heavy (non-hydrogen) atoms. The van der Waals surface area contributed by atoms with Gasteiger partial charge in [0.2, 0.25) is 0 Å². The molecule has 0 N–H and O–H groups in total. The topological polar surface area (TPSA) is 38.8 Å². The molecule has 0 aromatic heterocycles. The largest absolute Gasteiger partial charge is 0.449 e. The summed E-state index contributed by atoms with van der Waals surface area (Å²) in [6.07, 6.45) is 3.40. The molecule has 1 heterocycles. The fourth-order valence-corrected chi connectivity index (χ4v) is 2.20. The Hall–Kier alpha value is -0.770. The van der Waals surface area contributed by atoms with Crippen LogP contribution < -0.4 is 0 Å². The van der Waals surface area contributed by atoms with Crippen molar-refractivity contribution in [2.45, 2.75) is 53.1 Å². The molecule has 0 atom stereocenters. The predicted octanol–water partition coefficient (Wildman–Crippen LogP) is 3.31. The van der Waals surface area contributed by atoms with Crippen LogP contribution in [-0.2, 0) is 9.47 Å². The van der Waals surface area contributed by atoms with Crippen LogP contribution in [0.15, 0.2) is 0 Å². The Morgan fingerprint density at radius 3 is 2.37 bits per heavy atom. The highest BCUT2D eigenvalue weighted by molar-refractivity contribution is 5.67. The summed E-state index contributed by atoms with van der Waals surface area (Å²) in [6.45, 7) is 11.2. The van der Waals surface area contributed by atoms with E-state index in [0.717, 1.165) is 39.0 Å². The number of carbonyl (C=O) groups excluding carboxylic acids is 1.